The van der Waals surface area contributed by atoms with Gasteiger partial charge in [-0.25, -0.2) is 0 Å². The van der Waals surface area contributed by atoms with Crippen molar-refractivity contribution in [1.29, 1.82) is 0 Å². The highest BCUT2D eigenvalue weighted by molar-refractivity contribution is 5.54. The van der Waals surface area contributed by atoms with Gasteiger partial charge in [0.05, 0.1) is 0 Å². The summed E-state index contributed by atoms with van der Waals surface area (Å²) in [5.74, 6) is 0. The Hall–Kier alpha value is -1.02. The van der Waals surface area contributed by atoms with Crippen molar-refractivity contribution in [2.45, 2.75) is 39.2 Å². The van der Waals surface area contributed by atoms with Crippen LogP contribution >= 0.6 is 0 Å². The van der Waals surface area contributed by atoms with Crippen molar-refractivity contribution in [3.05, 3.63) is 29.3 Å². The topological polar surface area (TPSA) is 24.1 Å². The Morgan fingerprint density at radius 3 is 3.06 bits per heavy atom. The zero-order chi connectivity index (χ0) is 11.4. The van der Waals surface area contributed by atoms with Crippen molar-refractivity contribution in [3.63, 3.8) is 0 Å². The number of benzene rings is 1. The third-order valence-electron chi connectivity index (χ3n) is 3.07. The van der Waals surface area contributed by atoms with Gasteiger partial charge in [-0.15, -0.1) is 0 Å². The Kier molecular flexibility index (Phi) is 3.83. The van der Waals surface area contributed by atoms with Gasteiger partial charge in [-0.05, 0) is 43.0 Å². The van der Waals surface area contributed by atoms with Crippen LogP contribution in [-0.4, -0.2) is 19.1 Å². The van der Waals surface area contributed by atoms with Gasteiger partial charge in [-0.3, -0.25) is 0 Å². The van der Waals surface area contributed by atoms with Crippen LogP contribution in [0.5, 0.6) is 0 Å². The molecule has 1 aromatic carbocycles. The second kappa shape index (κ2) is 5.35. The average Bonchev–Trinajstić information content (AvgIpc) is 2.28. The fraction of sp³-hybridized carbons (Fsp3) is 0.571. The predicted molar refractivity (Wildman–Crippen MR) is 70.1 cm³/mol. The highest BCUT2D eigenvalue weighted by Gasteiger charge is 2.08. The molecule has 0 unspecified atom stereocenters. The Bertz CT molecular complexity index is 345. The molecule has 0 atom stereocenters. The first kappa shape index (κ1) is 11.5. The number of aryl methyl sites for hydroxylation is 1. The van der Waals surface area contributed by atoms with Crippen LogP contribution in [0.4, 0.5) is 5.69 Å². The summed E-state index contributed by atoms with van der Waals surface area (Å²) in [5.41, 5.74) is 4.29. The normalized spacial score (nSPS) is 14.7. The molecule has 88 valence electrons. The number of nitrogens with one attached hydrogen (secondary N) is 2. The third kappa shape index (κ3) is 2.99. The summed E-state index contributed by atoms with van der Waals surface area (Å²) < 4.78 is 0. The maximum atomic E-state index is 3.46. The second-order valence-corrected chi connectivity index (χ2v) is 4.88. The molecule has 0 bridgehead atoms. The molecule has 0 saturated carbocycles. The van der Waals surface area contributed by atoms with Gasteiger partial charge in [-0.1, -0.05) is 26.0 Å². The van der Waals surface area contributed by atoms with E-state index < -0.39 is 0 Å². The Labute approximate surface area is 98.4 Å². The number of anilines is 1. The molecule has 0 fully saturated rings. The van der Waals surface area contributed by atoms with Crippen molar-refractivity contribution in [3.8, 4) is 0 Å². The minimum atomic E-state index is 0.583. The Balaban J connectivity index is 1.95. The summed E-state index contributed by atoms with van der Waals surface area (Å²) in [4.78, 5) is 0. The highest BCUT2D eigenvalue weighted by atomic mass is 14.9. The molecular formula is C14H22N2. The van der Waals surface area contributed by atoms with Gasteiger partial charge in [-0.2, -0.15) is 0 Å². The summed E-state index contributed by atoms with van der Waals surface area (Å²) in [7, 11) is 0. The van der Waals surface area contributed by atoms with E-state index in [2.05, 4.69) is 42.7 Å². The Morgan fingerprint density at radius 1 is 1.38 bits per heavy atom. The van der Waals surface area contributed by atoms with Crippen LogP contribution in [0.2, 0.25) is 0 Å². The van der Waals surface area contributed by atoms with E-state index in [0.717, 1.165) is 19.5 Å². The molecule has 2 N–H and O–H groups in total. The highest BCUT2D eigenvalue weighted by Crippen LogP contribution is 2.22. The molecule has 0 radical (unpaired) electrons. The van der Waals surface area contributed by atoms with Crippen molar-refractivity contribution >= 4 is 5.69 Å². The van der Waals surface area contributed by atoms with Gasteiger partial charge < -0.3 is 10.6 Å². The first-order valence-corrected chi connectivity index (χ1v) is 6.35. The SMILES string of the molecule is CC(C)NCCc1ccc2c(c1)CCCN2. The number of hydrogen-bond acceptors (Lipinski definition) is 2. The van der Waals surface area contributed by atoms with E-state index in [4.69, 9.17) is 0 Å². The first-order valence-electron chi connectivity index (χ1n) is 6.35. The van der Waals surface area contributed by atoms with Gasteiger partial charge in [0.15, 0.2) is 0 Å². The van der Waals surface area contributed by atoms with Crippen molar-refractivity contribution in [1.82, 2.24) is 5.32 Å². The zero-order valence-corrected chi connectivity index (χ0v) is 10.3. The van der Waals surface area contributed by atoms with E-state index in [1.165, 1.54) is 29.7 Å². The van der Waals surface area contributed by atoms with Crippen LogP contribution in [0.15, 0.2) is 18.2 Å². The van der Waals surface area contributed by atoms with E-state index in [1.807, 2.05) is 0 Å². The molecule has 16 heavy (non-hydrogen) atoms. The van der Waals surface area contributed by atoms with Crippen LogP contribution in [0.25, 0.3) is 0 Å². The number of hydrogen-bond donors (Lipinski definition) is 2. The van der Waals surface area contributed by atoms with Gasteiger partial charge >= 0.3 is 0 Å². The molecule has 0 saturated heterocycles. The minimum absolute atomic E-state index is 0.583. The predicted octanol–water partition coefficient (Wildman–Crippen LogP) is 2.59. The molecule has 0 aromatic heterocycles. The first-order chi connectivity index (χ1) is 7.75. The van der Waals surface area contributed by atoms with Crippen molar-refractivity contribution in [2.75, 3.05) is 18.4 Å². The fourth-order valence-electron chi connectivity index (χ4n) is 2.19. The summed E-state index contributed by atoms with van der Waals surface area (Å²) in [6.45, 7) is 6.58. The molecule has 1 aromatic rings. The van der Waals surface area contributed by atoms with E-state index in [1.54, 1.807) is 0 Å². The minimum Gasteiger partial charge on any atom is -0.385 e. The molecule has 2 nitrogen and oxygen atoms in total. The van der Waals surface area contributed by atoms with E-state index in [9.17, 15) is 0 Å². The van der Waals surface area contributed by atoms with Crippen LogP contribution < -0.4 is 10.6 Å². The molecule has 0 aliphatic carbocycles. The van der Waals surface area contributed by atoms with E-state index in [0.29, 0.717) is 6.04 Å². The lowest BCUT2D eigenvalue weighted by atomic mass is 9.99. The average molecular weight is 218 g/mol. The van der Waals surface area contributed by atoms with Crippen molar-refractivity contribution < 1.29 is 0 Å². The van der Waals surface area contributed by atoms with Crippen molar-refractivity contribution in [2.24, 2.45) is 0 Å². The smallest absolute Gasteiger partial charge is 0.0372 e. The quantitative estimate of drug-likeness (QED) is 0.811. The maximum Gasteiger partial charge on any atom is 0.0372 e. The zero-order valence-electron chi connectivity index (χ0n) is 10.3. The molecular weight excluding hydrogens is 196 g/mol. The summed E-state index contributed by atoms with van der Waals surface area (Å²) in [6, 6.07) is 7.43. The monoisotopic (exact) mass is 218 g/mol. The van der Waals surface area contributed by atoms with Crippen LogP contribution in [0.3, 0.4) is 0 Å². The van der Waals surface area contributed by atoms with Gasteiger partial charge in [0, 0.05) is 18.3 Å². The summed E-state index contributed by atoms with van der Waals surface area (Å²) >= 11 is 0. The summed E-state index contributed by atoms with van der Waals surface area (Å²) in [6.07, 6.45) is 3.62. The van der Waals surface area contributed by atoms with Gasteiger partial charge in [0.1, 0.15) is 0 Å². The molecule has 2 heteroatoms. The molecule has 1 aliphatic rings. The summed E-state index contributed by atoms with van der Waals surface area (Å²) in [5, 5.41) is 6.91. The lowest BCUT2D eigenvalue weighted by molar-refractivity contribution is 0.590. The van der Waals surface area contributed by atoms with Gasteiger partial charge in [0.25, 0.3) is 0 Å². The van der Waals surface area contributed by atoms with E-state index >= 15 is 0 Å². The molecule has 2 rings (SSSR count). The van der Waals surface area contributed by atoms with Crippen LogP contribution in [0, 0.1) is 0 Å². The second-order valence-electron chi connectivity index (χ2n) is 4.88. The number of rotatable bonds is 4. The van der Waals surface area contributed by atoms with Crippen LogP contribution in [0.1, 0.15) is 31.4 Å². The molecule has 0 amide bonds. The number of fused-ring (bicyclic) bond motifs is 1. The lowest BCUT2D eigenvalue weighted by Gasteiger charge is -2.18. The van der Waals surface area contributed by atoms with Crippen LogP contribution in [-0.2, 0) is 12.8 Å². The molecule has 1 heterocycles. The Morgan fingerprint density at radius 2 is 2.25 bits per heavy atom. The van der Waals surface area contributed by atoms with Gasteiger partial charge in [0.2, 0.25) is 0 Å². The van der Waals surface area contributed by atoms with E-state index in [-0.39, 0.29) is 0 Å². The largest absolute Gasteiger partial charge is 0.385 e. The molecule has 1 aliphatic heterocycles. The maximum absolute atomic E-state index is 3.46. The third-order valence-corrected chi connectivity index (χ3v) is 3.07. The lowest BCUT2D eigenvalue weighted by Crippen LogP contribution is -2.25. The fourth-order valence-corrected chi connectivity index (χ4v) is 2.19. The molecule has 0 spiro atoms. The standard InChI is InChI=1S/C14H22N2/c1-11(2)15-9-7-12-5-6-14-13(10-12)4-3-8-16-14/h5-6,10-11,15-16H,3-4,7-9H2,1-2H3.